The lowest BCUT2D eigenvalue weighted by atomic mass is 10.1. The van der Waals surface area contributed by atoms with Gasteiger partial charge in [0.25, 0.3) is 0 Å². The molecule has 0 saturated heterocycles. The van der Waals surface area contributed by atoms with Crippen LogP contribution in [0.15, 0.2) is 59.1 Å². The molecule has 2 aromatic heterocycles. The average Bonchev–Trinajstić information content (AvgIpc) is 3.25. The van der Waals surface area contributed by atoms with Gasteiger partial charge in [0.2, 0.25) is 0 Å². The zero-order chi connectivity index (χ0) is 17.2. The first-order valence-corrected chi connectivity index (χ1v) is 10.2. The summed E-state index contributed by atoms with van der Waals surface area (Å²) in [6.45, 7) is 5.14. The molecule has 126 valence electrons. The van der Waals surface area contributed by atoms with Gasteiger partial charge in [0, 0.05) is 28.1 Å². The highest BCUT2D eigenvalue weighted by Gasteiger charge is 2.14. The Hall–Kier alpha value is -2.11. The van der Waals surface area contributed by atoms with Gasteiger partial charge in [0.15, 0.2) is 11.0 Å². The van der Waals surface area contributed by atoms with Crippen LogP contribution in [0.4, 0.5) is 0 Å². The lowest BCUT2D eigenvalue weighted by Crippen LogP contribution is -1.99. The van der Waals surface area contributed by atoms with E-state index >= 15 is 0 Å². The summed E-state index contributed by atoms with van der Waals surface area (Å²) in [5.41, 5.74) is 2.50. The summed E-state index contributed by atoms with van der Waals surface area (Å²) < 4.78 is 2.21. The van der Waals surface area contributed by atoms with Crippen molar-refractivity contribution in [2.24, 2.45) is 0 Å². The molecule has 0 N–H and O–H groups in total. The zero-order valence-electron chi connectivity index (χ0n) is 14.3. The Balaban J connectivity index is 1.62. The normalized spacial score (nSPS) is 11.3. The van der Waals surface area contributed by atoms with Crippen molar-refractivity contribution in [1.29, 1.82) is 0 Å². The van der Waals surface area contributed by atoms with Crippen molar-refractivity contribution in [2.75, 3.05) is 0 Å². The number of aromatic nitrogens is 3. The SMILES string of the molecule is CCn1c(SCc2cccc3ccccc23)nnc1-c1csc(C)c1. The molecule has 25 heavy (non-hydrogen) atoms. The number of thioether (sulfide) groups is 1. The van der Waals surface area contributed by atoms with Crippen LogP contribution in [0.1, 0.15) is 17.4 Å². The van der Waals surface area contributed by atoms with Crippen LogP contribution in [0.3, 0.4) is 0 Å². The van der Waals surface area contributed by atoms with E-state index in [1.807, 2.05) is 0 Å². The molecule has 0 saturated carbocycles. The molecule has 4 rings (SSSR count). The van der Waals surface area contributed by atoms with Crippen LogP contribution < -0.4 is 0 Å². The first-order chi connectivity index (χ1) is 12.3. The van der Waals surface area contributed by atoms with Crippen molar-refractivity contribution in [1.82, 2.24) is 14.8 Å². The molecule has 0 radical (unpaired) electrons. The lowest BCUT2D eigenvalue weighted by Gasteiger charge is -2.08. The third-order valence-electron chi connectivity index (χ3n) is 4.26. The molecular weight excluding hydrogens is 346 g/mol. The molecule has 2 aromatic carbocycles. The van der Waals surface area contributed by atoms with Crippen LogP contribution in [0.5, 0.6) is 0 Å². The Bertz CT molecular complexity index is 1010. The monoisotopic (exact) mass is 365 g/mol. The van der Waals surface area contributed by atoms with E-state index in [-0.39, 0.29) is 0 Å². The van der Waals surface area contributed by atoms with Gasteiger partial charge < -0.3 is 4.57 Å². The van der Waals surface area contributed by atoms with Gasteiger partial charge in [-0.1, -0.05) is 54.2 Å². The van der Waals surface area contributed by atoms with Gasteiger partial charge in [-0.05, 0) is 36.2 Å². The average molecular weight is 366 g/mol. The van der Waals surface area contributed by atoms with Crippen LogP contribution in [0, 0.1) is 6.92 Å². The number of aryl methyl sites for hydroxylation is 1. The molecule has 0 aliphatic rings. The third-order valence-corrected chi connectivity index (χ3v) is 6.14. The summed E-state index contributed by atoms with van der Waals surface area (Å²) in [5, 5.41) is 14.6. The summed E-state index contributed by atoms with van der Waals surface area (Å²) in [6, 6.07) is 17.2. The Labute approximate surface area is 155 Å². The van der Waals surface area contributed by atoms with Crippen LogP contribution in [0.2, 0.25) is 0 Å². The molecule has 5 heteroatoms. The van der Waals surface area contributed by atoms with Crippen molar-refractivity contribution >= 4 is 33.9 Å². The van der Waals surface area contributed by atoms with Crippen molar-refractivity contribution in [3.05, 3.63) is 64.4 Å². The summed E-state index contributed by atoms with van der Waals surface area (Å²) >= 11 is 3.51. The second-order valence-electron chi connectivity index (χ2n) is 5.92. The molecule has 3 nitrogen and oxygen atoms in total. The quantitative estimate of drug-likeness (QED) is 0.420. The van der Waals surface area contributed by atoms with Crippen LogP contribution in [-0.4, -0.2) is 14.8 Å². The van der Waals surface area contributed by atoms with Gasteiger partial charge in [0.1, 0.15) is 0 Å². The number of fused-ring (bicyclic) bond motifs is 1. The first-order valence-electron chi connectivity index (χ1n) is 8.34. The van der Waals surface area contributed by atoms with Gasteiger partial charge >= 0.3 is 0 Å². The maximum absolute atomic E-state index is 4.45. The van der Waals surface area contributed by atoms with Gasteiger partial charge in [-0.2, -0.15) is 0 Å². The van der Waals surface area contributed by atoms with Crippen LogP contribution in [0.25, 0.3) is 22.2 Å². The molecule has 2 heterocycles. The number of hydrogen-bond donors (Lipinski definition) is 0. The zero-order valence-corrected chi connectivity index (χ0v) is 15.9. The largest absolute Gasteiger partial charge is 0.302 e. The van der Waals surface area contributed by atoms with E-state index in [1.165, 1.54) is 21.2 Å². The van der Waals surface area contributed by atoms with Crippen molar-refractivity contribution < 1.29 is 0 Å². The molecule has 0 fully saturated rings. The topological polar surface area (TPSA) is 30.7 Å². The Morgan fingerprint density at radius 3 is 2.72 bits per heavy atom. The summed E-state index contributed by atoms with van der Waals surface area (Å²) in [7, 11) is 0. The van der Waals surface area contributed by atoms with Crippen molar-refractivity contribution in [3.63, 3.8) is 0 Å². The van der Waals surface area contributed by atoms with E-state index in [1.54, 1.807) is 23.1 Å². The number of rotatable bonds is 5. The second kappa shape index (κ2) is 7.02. The van der Waals surface area contributed by atoms with Crippen molar-refractivity contribution in [3.8, 4) is 11.4 Å². The molecule has 0 unspecified atom stereocenters. The van der Waals surface area contributed by atoms with E-state index in [0.717, 1.165) is 28.8 Å². The molecule has 0 spiro atoms. The maximum atomic E-state index is 4.45. The molecule has 0 atom stereocenters. The highest BCUT2D eigenvalue weighted by atomic mass is 32.2. The predicted octanol–water partition coefficient (Wildman–Crippen LogP) is 5.78. The Morgan fingerprint density at radius 2 is 1.92 bits per heavy atom. The summed E-state index contributed by atoms with van der Waals surface area (Å²) in [5.74, 6) is 1.86. The Morgan fingerprint density at radius 1 is 1.08 bits per heavy atom. The predicted molar refractivity (Wildman–Crippen MR) is 107 cm³/mol. The number of nitrogens with zero attached hydrogens (tertiary/aromatic N) is 3. The van der Waals surface area contributed by atoms with E-state index in [0.29, 0.717) is 0 Å². The molecule has 0 bridgehead atoms. The van der Waals surface area contributed by atoms with Gasteiger partial charge in [-0.15, -0.1) is 21.5 Å². The molecule has 0 aliphatic heterocycles. The third kappa shape index (κ3) is 3.22. The van der Waals surface area contributed by atoms with E-state index < -0.39 is 0 Å². The van der Waals surface area contributed by atoms with Gasteiger partial charge in [-0.25, -0.2) is 0 Å². The minimum atomic E-state index is 0.870. The fourth-order valence-electron chi connectivity index (χ4n) is 3.02. The maximum Gasteiger partial charge on any atom is 0.191 e. The fourth-order valence-corrected chi connectivity index (χ4v) is 4.70. The van der Waals surface area contributed by atoms with Crippen molar-refractivity contribution in [2.45, 2.75) is 31.3 Å². The molecular formula is C20H19N3S2. The lowest BCUT2D eigenvalue weighted by molar-refractivity contribution is 0.687. The van der Waals surface area contributed by atoms with E-state index in [4.69, 9.17) is 0 Å². The number of benzene rings is 2. The minimum absolute atomic E-state index is 0.870. The van der Waals surface area contributed by atoms with Crippen LogP contribution in [-0.2, 0) is 12.3 Å². The molecule has 4 aromatic rings. The van der Waals surface area contributed by atoms with Crippen LogP contribution >= 0.6 is 23.1 Å². The van der Waals surface area contributed by atoms with E-state index in [9.17, 15) is 0 Å². The second-order valence-corrected chi connectivity index (χ2v) is 7.98. The minimum Gasteiger partial charge on any atom is -0.302 e. The fraction of sp³-hybridized carbons (Fsp3) is 0.200. The highest BCUT2D eigenvalue weighted by Crippen LogP contribution is 2.30. The number of hydrogen-bond acceptors (Lipinski definition) is 4. The highest BCUT2D eigenvalue weighted by molar-refractivity contribution is 7.98. The number of thiophene rings is 1. The van der Waals surface area contributed by atoms with Gasteiger partial charge in [-0.3, -0.25) is 0 Å². The molecule has 0 amide bonds. The standard InChI is InChI=1S/C20H19N3S2/c1-3-23-19(17-11-14(2)24-13-17)21-22-20(23)25-12-16-9-6-8-15-7-4-5-10-18(15)16/h4-11,13H,3,12H2,1-2H3. The smallest absolute Gasteiger partial charge is 0.191 e. The Kier molecular flexibility index (Phi) is 4.59. The molecule has 0 aliphatic carbocycles. The first kappa shape index (κ1) is 16.4. The van der Waals surface area contributed by atoms with Gasteiger partial charge in [0.05, 0.1) is 0 Å². The van der Waals surface area contributed by atoms with E-state index in [2.05, 4.69) is 82.5 Å². The summed E-state index contributed by atoms with van der Waals surface area (Å²) in [6.07, 6.45) is 0. The summed E-state index contributed by atoms with van der Waals surface area (Å²) in [4.78, 5) is 1.30.